The van der Waals surface area contributed by atoms with E-state index in [0.29, 0.717) is 18.3 Å². The Hall–Kier alpha value is -2.73. The summed E-state index contributed by atoms with van der Waals surface area (Å²) < 4.78 is 24.2. The van der Waals surface area contributed by atoms with Crippen molar-refractivity contribution in [3.05, 3.63) is 65.8 Å². The van der Waals surface area contributed by atoms with Gasteiger partial charge in [0.25, 0.3) is 0 Å². The van der Waals surface area contributed by atoms with Gasteiger partial charge < -0.3 is 9.26 Å². The maximum atomic E-state index is 13.8. The van der Waals surface area contributed by atoms with Gasteiger partial charge >= 0.3 is 0 Å². The number of aromatic nitrogens is 2. The van der Waals surface area contributed by atoms with E-state index >= 15 is 0 Å². The number of nitrogens with zero attached hydrogens (tertiary/aromatic N) is 3. The predicted octanol–water partition coefficient (Wildman–Crippen LogP) is 4.08. The molecule has 25 heavy (non-hydrogen) atoms. The number of hydrogen-bond donors (Lipinski definition) is 0. The van der Waals surface area contributed by atoms with E-state index in [9.17, 15) is 4.39 Å². The maximum absolute atomic E-state index is 13.8. The van der Waals surface area contributed by atoms with Crippen molar-refractivity contribution < 1.29 is 13.7 Å². The molecular weight excluding hydrogens is 321 g/mol. The SMILES string of the molecule is COc1ccc(CN(C)C(C)c2nc(-c3ccccc3)no2)cc1F. The highest BCUT2D eigenvalue weighted by molar-refractivity contribution is 5.53. The molecule has 0 saturated carbocycles. The summed E-state index contributed by atoms with van der Waals surface area (Å²) in [5, 5.41) is 4.04. The highest BCUT2D eigenvalue weighted by atomic mass is 19.1. The van der Waals surface area contributed by atoms with Crippen LogP contribution in [0.3, 0.4) is 0 Å². The molecule has 0 saturated heterocycles. The topological polar surface area (TPSA) is 51.4 Å². The van der Waals surface area contributed by atoms with Crippen LogP contribution in [0.25, 0.3) is 11.4 Å². The van der Waals surface area contributed by atoms with Gasteiger partial charge in [0, 0.05) is 12.1 Å². The summed E-state index contributed by atoms with van der Waals surface area (Å²) in [5.41, 5.74) is 1.75. The molecule has 1 atom stereocenters. The highest BCUT2D eigenvalue weighted by Crippen LogP contribution is 2.24. The Bertz CT molecular complexity index is 836. The van der Waals surface area contributed by atoms with Crippen molar-refractivity contribution in [2.45, 2.75) is 19.5 Å². The van der Waals surface area contributed by atoms with Crippen LogP contribution in [-0.4, -0.2) is 29.2 Å². The van der Waals surface area contributed by atoms with Crippen molar-refractivity contribution in [2.24, 2.45) is 0 Å². The van der Waals surface area contributed by atoms with E-state index in [4.69, 9.17) is 9.26 Å². The Kier molecular flexibility index (Phi) is 5.09. The van der Waals surface area contributed by atoms with Crippen LogP contribution in [0.4, 0.5) is 4.39 Å². The summed E-state index contributed by atoms with van der Waals surface area (Å²) in [4.78, 5) is 6.49. The van der Waals surface area contributed by atoms with Gasteiger partial charge in [-0.2, -0.15) is 4.98 Å². The Labute approximate surface area is 146 Å². The summed E-state index contributed by atoms with van der Waals surface area (Å²) in [5.74, 6) is 0.954. The molecule has 3 aromatic rings. The van der Waals surface area contributed by atoms with Crippen molar-refractivity contribution in [2.75, 3.05) is 14.2 Å². The van der Waals surface area contributed by atoms with Crippen LogP contribution in [0.1, 0.15) is 24.4 Å². The highest BCUT2D eigenvalue weighted by Gasteiger charge is 2.20. The third-order valence-corrected chi connectivity index (χ3v) is 4.14. The lowest BCUT2D eigenvalue weighted by atomic mass is 10.1. The molecular formula is C19H20FN3O2. The van der Waals surface area contributed by atoms with Crippen molar-refractivity contribution in [3.8, 4) is 17.1 Å². The van der Waals surface area contributed by atoms with Crippen LogP contribution in [0, 0.1) is 5.82 Å². The number of halogens is 1. The van der Waals surface area contributed by atoms with Gasteiger partial charge in [-0.05, 0) is 31.7 Å². The Balaban J connectivity index is 1.71. The molecule has 6 heteroatoms. The summed E-state index contributed by atoms with van der Waals surface area (Å²) in [6.07, 6.45) is 0. The first-order chi connectivity index (χ1) is 12.1. The summed E-state index contributed by atoms with van der Waals surface area (Å²) >= 11 is 0. The second-order valence-electron chi connectivity index (χ2n) is 5.88. The zero-order valence-corrected chi connectivity index (χ0v) is 14.4. The minimum Gasteiger partial charge on any atom is -0.494 e. The van der Waals surface area contributed by atoms with Crippen LogP contribution in [-0.2, 0) is 6.54 Å². The van der Waals surface area contributed by atoms with Crippen LogP contribution in [0.2, 0.25) is 0 Å². The van der Waals surface area contributed by atoms with Gasteiger partial charge in [-0.3, -0.25) is 4.90 Å². The molecule has 1 aromatic heterocycles. The van der Waals surface area contributed by atoms with E-state index in [2.05, 4.69) is 10.1 Å². The van der Waals surface area contributed by atoms with Gasteiger partial charge in [-0.15, -0.1) is 0 Å². The molecule has 3 rings (SSSR count). The van der Waals surface area contributed by atoms with Crippen LogP contribution >= 0.6 is 0 Å². The largest absolute Gasteiger partial charge is 0.494 e. The molecule has 0 fully saturated rings. The maximum Gasteiger partial charge on any atom is 0.244 e. The Morgan fingerprint density at radius 1 is 1.20 bits per heavy atom. The lowest BCUT2D eigenvalue weighted by Gasteiger charge is -2.21. The quantitative estimate of drug-likeness (QED) is 0.676. The van der Waals surface area contributed by atoms with E-state index in [0.717, 1.165) is 11.1 Å². The molecule has 1 unspecified atom stereocenters. The molecule has 2 aromatic carbocycles. The molecule has 130 valence electrons. The lowest BCUT2D eigenvalue weighted by Crippen LogP contribution is -2.22. The molecule has 0 aliphatic heterocycles. The van der Waals surface area contributed by atoms with Crippen molar-refractivity contribution in [1.82, 2.24) is 15.0 Å². The van der Waals surface area contributed by atoms with Gasteiger partial charge in [0.1, 0.15) is 0 Å². The molecule has 0 bridgehead atoms. The number of rotatable bonds is 6. The molecule has 1 heterocycles. The summed E-state index contributed by atoms with van der Waals surface area (Å²) in [6.45, 7) is 2.52. The van der Waals surface area contributed by atoms with Crippen molar-refractivity contribution in [1.29, 1.82) is 0 Å². The van der Waals surface area contributed by atoms with Crippen molar-refractivity contribution in [3.63, 3.8) is 0 Å². The predicted molar refractivity (Wildman–Crippen MR) is 92.6 cm³/mol. The summed E-state index contributed by atoms with van der Waals surface area (Å²) in [7, 11) is 3.38. The zero-order chi connectivity index (χ0) is 17.8. The molecule has 0 aliphatic rings. The van der Waals surface area contributed by atoms with E-state index < -0.39 is 0 Å². The number of benzene rings is 2. The first kappa shape index (κ1) is 17.1. The Morgan fingerprint density at radius 3 is 2.64 bits per heavy atom. The summed E-state index contributed by atoms with van der Waals surface area (Å²) in [6, 6.07) is 14.5. The second-order valence-corrected chi connectivity index (χ2v) is 5.88. The van der Waals surface area contributed by atoms with Gasteiger partial charge in [-0.25, -0.2) is 4.39 Å². The fourth-order valence-electron chi connectivity index (χ4n) is 2.53. The van der Waals surface area contributed by atoms with E-state index in [1.807, 2.05) is 55.3 Å². The number of hydrogen-bond acceptors (Lipinski definition) is 5. The first-order valence-corrected chi connectivity index (χ1v) is 8.00. The molecule has 0 amide bonds. The minimum absolute atomic E-state index is 0.102. The third-order valence-electron chi connectivity index (χ3n) is 4.14. The molecule has 5 nitrogen and oxygen atoms in total. The number of ether oxygens (including phenoxy) is 1. The van der Waals surface area contributed by atoms with Crippen LogP contribution in [0.15, 0.2) is 53.1 Å². The van der Waals surface area contributed by atoms with Crippen LogP contribution in [0.5, 0.6) is 5.75 Å². The second kappa shape index (κ2) is 7.44. The molecule has 0 spiro atoms. The average molecular weight is 341 g/mol. The average Bonchev–Trinajstić information content (AvgIpc) is 3.12. The van der Waals surface area contributed by atoms with Crippen LogP contribution < -0.4 is 4.74 Å². The standard InChI is InChI=1S/C19H20FN3O2/c1-13(19-21-18(22-25-19)15-7-5-4-6-8-15)23(2)12-14-9-10-17(24-3)16(20)11-14/h4-11,13H,12H2,1-3H3. The van der Waals surface area contributed by atoms with Gasteiger partial charge in [0.05, 0.1) is 13.2 Å². The fraction of sp³-hybridized carbons (Fsp3) is 0.263. The minimum atomic E-state index is -0.370. The zero-order valence-electron chi connectivity index (χ0n) is 14.4. The van der Waals surface area contributed by atoms with E-state index in [1.165, 1.54) is 13.2 Å². The van der Waals surface area contributed by atoms with Gasteiger partial charge in [0.15, 0.2) is 11.6 Å². The molecule has 0 N–H and O–H groups in total. The van der Waals surface area contributed by atoms with E-state index in [-0.39, 0.29) is 17.6 Å². The molecule has 0 aliphatic carbocycles. The van der Waals surface area contributed by atoms with E-state index in [1.54, 1.807) is 6.07 Å². The fourth-order valence-corrected chi connectivity index (χ4v) is 2.53. The number of methoxy groups -OCH3 is 1. The molecule has 0 radical (unpaired) electrons. The van der Waals surface area contributed by atoms with Crippen molar-refractivity contribution >= 4 is 0 Å². The third kappa shape index (κ3) is 3.85. The monoisotopic (exact) mass is 341 g/mol. The smallest absolute Gasteiger partial charge is 0.244 e. The first-order valence-electron chi connectivity index (χ1n) is 8.00. The lowest BCUT2D eigenvalue weighted by molar-refractivity contribution is 0.202. The van der Waals surface area contributed by atoms with Gasteiger partial charge in [-0.1, -0.05) is 41.6 Å². The van der Waals surface area contributed by atoms with Gasteiger partial charge in [0.2, 0.25) is 11.7 Å². The normalized spacial score (nSPS) is 12.4. The Morgan fingerprint density at radius 2 is 1.96 bits per heavy atom.